The molecular formula is C21H29FO. The molecule has 0 amide bonds. The minimum atomic E-state index is -0.298. The number of allylic oxidation sites excluding steroid dienone is 2. The first-order chi connectivity index (χ1) is 11.2. The number of hydrogen-bond acceptors (Lipinski definition) is 1. The van der Waals surface area contributed by atoms with Gasteiger partial charge >= 0.3 is 0 Å². The molecule has 1 aromatic carbocycles. The molecule has 0 bridgehead atoms. The van der Waals surface area contributed by atoms with E-state index in [1.807, 2.05) is 6.08 Å². The first-order valence-corrected chi connectivity index (χ1v) is 9.14. The smallest absolute Gasteiger partial charge is 0.166 e. The van der Waals surface area contributed by atoms with Crippen LogP contribution in [0.3, 0.4) is 0 Å². The van der Waals surface area contributed by atoms with E-state index < -0.39 is 0 Å². The Morgan fingerprint density at radius 3 is 2.48 bits per heavy atom. The lowest BCUT2D eigenvalue weighted by Crippen LogP contribution is -2.13. The topological polar surface area (TPSA) is 17.1 Å². The second-order valence-electron chi connectivity index (χ2n) is 6.84. The molecule has 0 unspecified atom stereocenters. The number of carbonyl (C=O) groups excluding carboxylic acids is 1. The summed E-state index contributed by atoms with van der Waals surface area (Å²) in [5.74, 6) is 1.33. The van der Waals surface area contributed by atoms with E-state index in [9.17, 15) is 9.18 Å². The van der Waals surface area contributed by atoms with Crippen LogP contribution in [0.15, 0.2) is 36.4 Å². The average Bonchev–Trinajstić information content (AvgIpc) is 2.57. The quantitative estimate of drug-likeness (QED) is 0.310. The SMILES string of the molecule is CCCCCC1CCC(C=CCC(=O)c2ccc(F)cc2)CC1. The number of Topliss-reactive ketones (excluding diaryl/α,β-unsaturated/α-hetero) is 1. The highest BCUT2D eigenvalue weighted by Gasteiger charge is 2.18. The van der Waals surface area contributed by atoms with Crippen LogP contribution in [0.25, 0.3) is 0 Å². The van der Waals surface area contributed by atoms with E-state index in [1.54, 1.807) is 12.1 Å². The fourth-order valence-corrected chi connectivity index (χ4v) is 3.47. The molecule has 0 aliphatic heterocycles. The summed E-state index contributed by atoms with van der Waals surface area (Å²) >= 11 is 0. The van der Waals surface area contributed by atoms with Gasteiger partial charge in [-0.25, -0.2) is 4.39 Å². The Bertz CT molecular complexity index is 495. The van der Waals surface area contributed by atoms with Gasteiger partial charge in [0.15, 0.2) is 5.78 Å². The highest BCUT2D eigenvalue weighted by atomic mass is 19.1. The van der Waals surface area contributed by atoms with E-state index in [4.69, 9.17) is 0 Å². The second kappa shape index (κ2) is 9.64. The Balaban J connectivity index is 1.68. The molecule has 1 fully saturated rings. The molecule has 1 aromatic rings. The van der Waals surface area contributed by atoms with Crippen molar-refractivity contribution in [1.82, 2.24) is 0 Å². The van der Waals surface area contributed by atoms with E-state index in [1.165, 1.54) is 63.5 Å². The summed E-state index contributed by atoms with van der Waals surface area (Å²) < 4.78 is 12.8. The molecule has 0 radical (unpaired) electrons. The number of ketones is 1. The average molecular weight is 316 g/mol. The maximum absolute atomic E-state index is 12.8. The fraction of sp³-hybridized carbons (Fsp3) is 0.571. The molecular weight excluding hydrogens is 287 g/mol. The number of halogens is 1. The molecule has 23 heavy (non-hydrogen) atoms. The highest BCUT2D eigenvalue weighted by Crippen LogP contribution is 2.32. The molecule has 1 nitrogen and oxygen atoms in total. The molecule has 0 spiro atoms. The van der Waals surface area contributed by atoms with E-state index in [2.05, 4.69) is 13.0 Å². The third-order valence-electron chi connectivity index (χ3n) is 4.99. The molecule has 0 aromatic heterocycles. The van der Waals surface area contributed by atoms with Crippen LogP contribution in [0.2, 0.25) is 0 Å². The summed E-state index contributed by atoms with van der Waals surface area (Å²) in [6, 6.07) is 5.81. The summed E-state index contributed by atoms with van der Waals surface area (Å²) in [5.41, 5.74) is 0.593. The van der Waals surface area contributed by atoms with Crippen LogP contribution in [-0.4, -0.2) is 5.78 Å². The Morgan fingerprint density at radius 1 is 1.13 bits per heavy atom. The number of rotatable bonds is 8. The van der Waals surface area contributed by atoms with Gasteiger partial charge in [-0.1, -0.05) is 44.8 Å². The maximum Gasteiger partial charge on any atom is 0.166 e. The zero-order valence-electron chi connectivity index (χ0n) is 14.3. The minimum absolute atomic E-state index is 0.0644. The van der Waals surface area contributed by atoms with Crippen molar-refractivity contribution in [2.75, 3.05) is 0 Å². The van der Waals surface area contributed by atoms with Crippen molar-refractivity contribution in [2.24, 2.45) is 11.8 Å². The summed E-state index contributed by atoms with van der Waals surface area (Å²) in [7, 11) is 0. The van der Waals surface area contributed by atoms with Gasteiger partial charge in [0, 0.05) is 12.0 Å². The highest BCUT2D eigenvalue weighted by molar-refractivity contribution is 5.96. The Kier molecular flexibility index (Phi) is 7.51. The van der Waals surface area contributed by atoms with Crippen molar-refractivity contribution in [1.29, 1.82) is 0 Å². The van der Waals surface area contributed by atoms with Crippen LogP contribution in [0.1, 0.15) is 75.1 Å². The van der Waals surface area contributed by atoms with Gasteiger partial charge in [0.25, 0.3) is 0 Å². The lowest BCUT2D eigenvalue weighted by atomic mass is 9.79. The molecule has 126 valence electrons. The Morgan fingerprint density at radius 2 is 1.83 bits per heavy atom. The van der Waals surface area contributed by atoms with Gasteiger partial charge < -0.3 is 0 Å². The minimum Gasteiger partial charge on any atom is -0.294 e. The van der Waals surface area contributed by atoms with E-state index in [-0.39, 0.29) is 11.6 Å². The first kappa shape index (κ1) is 17.9. The Hall–Kier alpha value is -1.44. The molecule has 1 aliphatic rings. The molecule has 1 saturated carbocycles. The van der Waals surface area contributed by atoms with E-state index >= 15 is 0 Å². The molecule has 0 atom stereocenters. The van der Waals surface area contributed by atoms with Gasteiger partial charge in [0.1, 0.15) is 5.82 Å². The van der Waals surface area contributed by atoms with Gasteiger partial charge in [0.2, 0.25) is 0 Å². The standard InChI is InChI=1S/C21H29FO/c1-2-3-4-6-17-9-11-18(12-10-17)7-5-8-21(23)19-13-15-20(22)16-14-19/h5,7,13-18H,2-4,6,8-12H2,1H3. The second-order valence-corrected chi connectivity index (χ2v) is 6.84. The maximum atomic E-state index is 12.8. The van der Waals surface area contributed by atoms with Crippen molar-refractivity contribution >= 4 is 5.78 Å². The van der Waals surface area contributed by atoms with Crippen LogP contribution in [0.5, 0.6) is 0 Å². The predicted octanol–water partition coefficient (Wildman–Crippen LogP) is 6.34. The van der Waals surface area contributed by atoms with Gasteiger partial charge in [-0.15, -0.1) is 0 Å². The zero-order chi connectivity index (χ0) is 16.5. The summed E-state index contributed by atoms with van der Waals surface area (Å²) in [6.07, 6.45) is 15.3. The van der Waals surface area contributed by atoms with Crippen LogP contribution in [0, 0.1) is 17.7 Å². The van der Waals surface area contributed by atoms with E-state index in [0.29, 0.717) is 17.9 Å². The monoisotopic (exact) mass is 316 g/mol. The summed E-state index contributed by atoms with van der Waals surface area (Å²) in [4.78, 5) is 12.0. The first-order valence-electron chi connectivity index (χ1n) is 9.14. The van der Waals surface area contributed by atoms with Crippen LogP contribution >= 0.6 is 0 Å². The number of carbonyl (C=O) groups is 1. The van der Waals surface area contributed by atoms with Crippen LogP contribution < -0.4 is 0 Å². The van der Waals surface area contributed by atoms with Crippen LogP contribution in [-0.2, 0) is 0 Å². The van der Waals surface area contributed by atoms with Crippen LogP contribution in [0.4, 0.5) is 4.39 Å². The van der Waals surface area contributed by atoms with Gasteiger partial charge in [-0.3, -0.25) is 4.79 Å². The fourth-order valence-electron chi connectivity index (χ4n) is 3.47. The molecule has 2 rings (SSSR count). The number of benzene rings is 1. The summed E-state index contributed by atoms with van der Waals surface area (Å²) in [5, 5.41) is 0. The zero-order valence-corrected chi connectivity index (χ0v) is 14.3. The predicted molar refractivity (Wildman–Crippen MR) is 94.1 cm³/mol. The molecule has 1 aliphatic carbocycles. The van der Waals surface area contributed by atoms with Gasteiger partial charge in [-0.05, 0) is 61.8 Å². The van der Waals surface area contributed by atoms with Crippen molar-refractivity contribution in [3.63, 3.8) is 0 Å². The van der Waals surface area contributed by atoms with Gasteiger partial charge in [0.05, 0.1) is 0 Å². The summed E-state index contributed by atoms with van der Waals surface area (Å²) in [6.45, 7) is 2.26. The molecule has 0 saturated heterocycles. The largest absolute Gasteiger partial charge is 0.294 e. The third-order valence-corrected chi connectivity index (χ3v) is 4.99. The normalized spacial score (nSPS) is 21.7. The van der Waals surface area contributed by atoms with Crippen molar-refractivity contribution in [2.45, 2.75) is 64.7 Å². The molecule has 2 heteroatoms. The Labute approximate surface area is 140 Å². The number of unbranched alkanes of at least 4 members (excludes halogenated alkanes) is 2. The molecule has 0 N–H and O–H groups in total. The number of hydrogen-bond donors (Lipinski definition) is 0. The lowest BCUT2D eigenvalue weighted by Gasteiger charge is -2.26. The van der Waals surface area contributed by atoms with Crippen molar-refractivity contribution < 1.29 is 9.18 Å². The van der Waals surface area contributed by atoms with Crippen molar-refractivity contribution in [3.8, 4) is 0 Å². The van der Waals surface area contributed by atoms with E-state index in [0.717, 1.165) is 5.92 Å². The lowest BCUT2D eigenvalue weighted by molar-refractivity contribution is 0.0995. The molecule has 0 heterocycles. The van der Waals surface area contributed by atoms with Crippen molar-refractivity contribution in [3.05, 3.63) is 47.8 Å². The third kappa shape index (κ3) is 6.29. The van der Waals surface area contributed by atoms with Gasteiger partial charge in [-0.2, -0.15) is 0 Å².